The molecule has 0 aromatic heterocycles. The van der Waals surface area contributed by atoms with Crippen molar-refractivity contribution in [2.24, 2.45) is 11.8 Å². The monoisotopic (exact) mass is 522 g/mol. The van der Waals surface area contributed by atoms with E-state index in [-0.39, 0.29) is 55.7 Å². The number of carboxylic acids is 1. The largest absolute Gasteiger partial charge is 0.493 e. The maximum atomic E-state index is 11.8. The van der Waals surface area contributed by atoms with Crippen molar-refractivity contribution in [2.75, 3.05) is 33.4 Å². The Labute approximate surface area is 222 Å². The molecule has 3 atom stereocenters. The molecule has 2 amide bonds. The van der Waals surface area contributed by atoms with Crippen molar-refractivity contribution in [3.63, 3.8) is 0 Å². The van der Waals surface area contributed by atoms with Gasteiger partial charge in [0.1, 0.15) is 12.4 Å². The number of rotatable bonds is 12. The van der Waals surface area contributed by atoms with Gasteiger partial charge < -0.3 is 19.3 Å². The Morgan fingerprint density at radius 3 is 2.63 bits per heavy atom. The molecule has 2 aromatic carbocycles. The van der Waals surface area contributed by atoms with Crippen molar-refractivity contribution in [1.29, 1.82) is 0 Å². The van der Waals surface area contributed by atoms with E-state index in [1.807, 2.05) is 24.3 Å². The molecular weight excluding hydrogens is 488 g/mol. The van der Waals surface area contributed by atoms with Gasteiger partial charge in [-0.05, 0) is 54.2 Å². The van der Waals surface area contributed by atoms with E-state index in [2.05, 4.69) is 24.0 Å². The molecular formula is C29H34N2O7. The van der Waals surface area contributed by atoms with Gasteiger partial charge in [0.05, 0.1) is 26.2 Å². The maximum absolute atomic E-state index is 11.8. The number of imide groups is 1. The Hall–Kier alpha value is -3.59. The SMILES string of the molecule is COc1cc(CN(CC2C[C@H]2C(=O)O)C(C)c2ccc3c(c2)CCO3)ccc1OCCN1C(=O)CCC1=O. The molecule has 1 aliphatic carbocycles. The number of hydrogen-bond acceptors (Lipinski definition) is 7. The number of methoxy groups -OCH3 is 1. The lowest BCUT2D eigenvalue weighted by Gasteiger charge is -2.30. The maximum Gasteiger partial charge on any atom is 0.306 e. The Balaban J connectivity index is 1.29. The lowest BCUT2D eigenvalue weighted by Crippen LogP contribution is -2.33. The van der Waals surface area contributed by atoms with E-state index in [4.69, 9.17) is 14.2 Å². The predicted octanol–water partition coefficient (Wildman–Crippen LogP) is 3.44. The number of benzene rings is 2. The number of carbonyl (C=O) groups excluding carboxylic acids is 2. The minimum Gasteiger partial charge on any atom is -0.493 e. The smallest absolute Gasteiger partial charge is 0.306 e. The Bertz CT molecular complexity index is 1210. The Morgan fingerprint density at radius 2 is 1.92 bits per heavy atom. The van der Waals surface area contributed by atoms with Crippen molar-refractivity contribution >= 4 is 17.8 Å². The fourth-order valence-electron chi connectivity index (χ4n) is 5.37. The molecule has 5 rings (SSSR count). The van der Waals surface area contributed by atoms with Gasteiger partial charge in [-0.2, -0.15) is 0 Å². The molecule has 2 aliphatic heterocycles. The number of amides is 2. The van der Waals surface area contributed by atoms with E-state index >= 15 is 0 Å². The molecule has 1 saturated heterocycles. The number of fused-ring (bicyclic) bond motifs is 1. The van der Waals surface area contributed by atoms with Gasteiger partial charge in [0.25, 0.3) is 0 Å². The number of nitrogens with zero attached hydrogens (tertiary/aromatic N) is 2. The summed E-state index contributed by atoms with van der Waals surface area (Å²) in [7, 11) is 1.58. The minimum atomic E-state index is -0.724. The number of carbonyl (C=O) groups is 3. The van der Waals surface area contributed by atoms with Crippen LogP contribution in [0.15, 0.2) is 36.4 Å². The van der Waals surface area contributed by atoms with Crippen LogP contribution in [-0.4, -0.2) is 66.1 Å². The van der Waals surface area contributed by atoms with Crippen LogP contribution in [-0.2, 0) is 27.3 Å². The highest BCUT2D eigenvalue weighted by molar-refractivity contribution is 6.01. The van der Waals surface area contributed by atoms with Crippen LogP contribution in [0.5, 0.6) is 17.2 Å². The molecule has 1 saturated carbocycles. The number of aliphatic carboxylic acids is 1. The van der Waals surface area contributed by atoms with Crippen LogP contribution >= 0.6 is 0 Å². The second-order valence-electron chi connectivity index (χ2n) is 10.3. The minimum absolute atomic E-state index is 0.0772. The highest BCUT2D eigenvalue weighted by atomic mass is 16.5. The summed E-state index contributed by atoms with van der Waals surface area (Å²) in [5.41, 5.74) is 3.41. The topological polar surface area (TPSA) is 106 Å². The molecule has 0 spiro atoms. The standard InChI is InChI=1S/C29H34N2O7/c1-18(20-4-6-24-21(14-20)9-11-37-24)30(17-22-15-23(22)29(34)35)16-19-3-5-25(26(13-19)36-2)38-12-10-31-27(32)7-8-28(31)33/h3-6,13-14,18,22-23H,7-12,15-17H2,1-2H3,(H,34,35)/t18?,22?,23-/m1/s1. The van der Waals surface area contributed by atoms with Gasteiger partial charge in [-0.25, -0.2) is 0 Å². The summed E-state index contributed by atoms with van der Waals surface area (Å²) < 4.78 is 17.1. The number of hydrogen-bond donors (Lipinski definition) is 1. The lowest BCUT2D eigenvalue weighted by molar-refractivity contribution is -0.140. The van der Waals surface area contributed by atoms with E-state index in [1.54, 1.807) is 7.11 Å². The summed E-state index contributed by atoms with van der Waals surface area (Å²) in [4.78, 5) is 38.7. The second-order valence-corrected chi connectivity index (χ2v) is 10.3. The summed E-state index contributed by atoms with van der Waals surface area (Å²) >= 11 is 0. The van der Waals surface area contributed by atoms with Crippen LogP contribution in [0.3, 0.4) is 0 Å². The van der Waals surface area contributed by atoms with Gasteiger partial charge in [0.2, 0.25) is 11.8 Å². The fraction of sp³-hybridized carbons (Fsp3) is 0.483. The van der Waals surface area contributed by atoms with E-state index in [1.165, 1.54) is 16.0 Å². The van der Waals surface area contributed by atoms with Gasteiger partial charge in [0, 0.05) is 38.4 Å². The Kier molecular flexibility index (Phi) is 7.56. The van der Waals surface area contributed by atoms with Crippen LogP contribution in [0.25, 0.3) is 0 Å². The molecule has 0 radical (unpaired) electrons. The van der Waals surface area contributed by atoms with Gasteiger partial charge in [-0.1, -0.05) is 18.2 Å². The van der Waals surface area contributed by atoms with E-state index in [9.17, 15) is 19.5 Å². The fourth-order valence-corrected chi connectivity index (χ4v) is 5.37. The summed E-state index contributed by atoms with van der Waals surface area (Å²) in [5, 5.41) is 9.45. The van der Waals surface area contributed by atoms with Crippen LogP contribution < -0.4 is 14.2 Å². The normalized spacial score (nSPS) is 20.9. The van der Waals surface area contributed by atoms with E-state index in [0.717, 1.165) is 17.7 Å². The first kappa shape index (κ1) is 26.0. The van der Waals surface area contributed by atoms with Crippen molar-refractivity contribution in [1.82, 2.24) is 9.80 Å². The van der Waals surface area contributed by atoms with Crippen LogP contribution in [0.1, 0.15) is 48.9 Å². The predicted molar refractivity (Wildman–Crippen MR) is 138 cm³/mol. The van der Waals surface area contributed by atoms with Crippen molar-refractivity contribution < 1.29 is 33.7 Å². The average Bonchev–Trinajstić information content (AvgIpc) is 3.41. The van der Waals surface area contributed by atoms with Crippen LogP contribution in [0.4, 0.5) is 0 Å². The zero-order chi connectivity index (χ0) is 26.8. The number of likely N-dealkylation sites (tertiary alicyclic amines) is 1. The van der Waals surface area contributed by atoms with Crippen molar-refractivity contribution in [3.05, 3.63) is 53.1 Å². The summed E-state index contributed by atoms with van der Waals surface area (Å²) in [6, 6.07) is 12.2. The van der Waals surface area contributed by atoms with E-state index < -0.39 is 5.97 Å². The summed E-state index contributed by atoms with van der Waals surface area (Å²) in [6.45, 7) is 4.57. The molecule has 2 aromatic rings. The summed E-state index contributed by atoms with van der Waals surface area (Å²) in [5.74, 6) is 0.863. The molecule has 38 heavy (non-hydrogen) atoms. The molecule has 3 aliphatic rings. The number of carboxylic acid groups (broad SMARTS) is 1. The zero-order valence-corrected chi connectivity index (χ0v) is 21.9. The quantitative estimate of drug-likeness (QED) is 0.423. The molecule has 2 heterocycles. The lowest BCUT2D eigenvalue weighted by atomic mass is 10.0. The summed E-state index contributed by atoms with van der Waals surface area (Å²) in [6.07, 6.45) is 2.13. The van der Waals surface area contributed by atoms with Crippen molar-refractivity contribution in [2.45, 2.75) is 45.2 Å². The Morgan fingerprint density at radius 1 is 1.13 bits per heavy atom. The molecule has 9 heteroatoms. The highest BCUT2D eigenvalue weighted by Gasteiger charge is 2.44. The van der Waals surface area contributed by atoms with E-state index in [0.29, 0.717) is 37.6 Å². The number of ether oxygens (including phenoxy) is 3. The zero-order valence-electron chi connectivity index (χ0n) is 21.9. The average molecular weight is 523 g/mol. The molecule has 202 valence electrons. The molecule has 2 unspecified atom stereocenters. The molecule has 1 N–H and O–H groups in total. The third kappa shape index (κ3) is 5.62. The van der Waals surface area contributed by atoms with Gasteiger partial charge >= 0.3 is 5.97 Å². The molecule has 0 bridgehead atoms. The second kappa shape index (κ2) is 11.0. The van der Waals surface area contributed by atoms with Crippen LogP contribution in [0.2, 0.25) is 0 Å². The first-order chi connectivity index (χ1) is 18.3. The van der Waals surface area contributed by atoms with Gasteiger partial charge in [-0.3, -0.25) is 24.2 Å². The molecule has 9 nitrogen and oxygen atoms in total. The molecule has 2 fully saturated rings. The van der Waals surface area contributed by atoms with Crippen molar-refractivity contribution in [3.8, 4) is 17.2 Å². The van der Waals surface area contributed by atoms with Gasteiger partial charge in [0.15, 0.2) is 11.5 Å². The third-order valence-electron chi connectivity index (χ3n) is 7.79. The van der Waals surface area contributed by atoms with Crippen LogP contribution in [0, 0.1) is 11.8 Å². The highest BCUT2D eigenvalue weighted by Crippen LogP contribution is 2.41. The van der Waals surface area contributed by atoms with Gasteiger partial charge in [-0.15, -0.1) is 0 Å². The first-order valence-corrected chi connectivity index (χ1v) is 13.2. The third-order valence-corrected chi connectivity index (χ3v) is 7.79. The first-order valence-electron chi connectivity index (χ1n) is 13.2.